The van der Waals surface area contributed by atoms with Gasteiger partial charge in [-0.2, -0.15) is 0 Å². The molecule has 0 aliphatic carbocycles. The number of carbonyl (C=O) groups is 1. The van der Waals surface area contributed by atoms with Gasteiger partial charge in [-0.1, -0.05) is 11.3 Å². The number of aliphatic hydroxyl groups excluding tert-OH is 3. The average Bonchev–Trinajstić information content (AvgIpc) is 3.31. The van der Waals surface area contributed by atoms with Gasteiger partial charge in [0.15, 0.2) is 11.4 Å². The molecule has 0 amide bonds. The van der Waals surface area contributed by atoms with Gasteiger partial charge in [0.05, 0.1) is 11.1 Å². The van der Waals surface area contributed by atoms with Crippen molar-refractivity contribution in [1.29, 1.82) is 0 Å². The van der Waals surface area contributed by atoms with Gasteiger partial charge in [-0.25, -0.2) is 4.98 Å². The Morgan fingerprint density at radius 2 is 2.08 bits per heavy atom. The second-order valence-corrected chi connectivity index (χ2v) is 6.80. The largest absolute Gasteiger partial charge is 0.391 e. The van der Waals surface area contributed by atoms with Crippen molar-refractivity contribution in [3.63, 3.8) is 0 Å². The number of carbonyl (C=O) groups excluding carboxylic acids is 1. The van der Waals surface area contributed by atoms with E-state index in [1.807, 2.05) is 0 Å². The van der Waals surface area contributed by atoms with Crippen molar-refractivity contribution in [1.82, 2.24) is 9.97 Å². The number of nitrogens with one attached hydrogen (secondary N) is 1. The standard InChI is InChI=1S/C15H15N3O6S/c19-6-15-12(22)10(21)11(23-15)13(24-15)18-14-17-5-8(25-14)9(20)7-1-3-16-4-2-7/h1-5,10-13,19,21-22H,6H2,(H,17,18)/t10?,11?,12-,13-,15?/m0/s1. The molecule has 3 unspecified atom stereocenters. The van der Waals surface area contributed by atoms with Crippen LogP contribution in [0.2, 0.25) is 0 Å². The third-order valence-corrected chi connectivity index (χ3v) is 5.16. The van der Waals surface area contributed by atoms with Crippen LogP contribution in [0.5, 0.6) is 0 Å². The first kappa shape index (κ1) is 16.5. The Bertz CT molecular complexity index is 787. The minimum atomic E-state index is -1.64. The second-order valence-electron chi connectivity index (χ2n) is 5.77. The number of fused-ring (bicyclic) bond motifs is 2. The number of anilines is 1. The summed E-state index contributed by atoms with van der Waals surface area (Å²) in [7, 11) is 0. The van der Waals surface area contributed by atoms with Crippen LogP contribution in [-0.2, 0) is 9.47 Å². The molecule has 132 valence electrons. The Morgan fingerprint density at radius 3 is 2.76 bits per heavy atom. The highest BCUT2D eigenvalue weighted by Crippen LogP contribution is 2.42. The molecule has 4 N–H and O–H groups in total. The summed E-state index contributed by atoms with van der Waals surface area (Å²) < 4.78 is 10.9. The number of hydrogen-bond acceptors (Lipinski definition) is 10. The van der Waals surface area contributed by atoms with Crippen LogP contribution in [0.25, 0.3) is 0 Å². The van der Waals surface area contributed by atoms with Gasteiger partial charge in [0.25, 0.3) is 0 Å². The number of aromatic nitrogens is 2. The molecule has 5 atom stereocenters. The monoisotopic (exact) mass is 365 g/mol. The van der Waals surface area contributed by atoms with Crippen molar-refractivity contribution in [2.75, 3.05) is 11.9 Å². The maximum absolute atomic E-state index is 12.4. The molecule has 2 saturated heterocycles. The predicted molar refractivity (Wildman–Crippen MR) is 85.0 cm³/mol. The summed E-state index contributed by atoms with van der Waals surface area (Å²) in [6, 6.07) is 3.23. The molecule has 2 aliphatic rings. The fourth-order valence-electron chi connectivity index (χ4n) is 2.92. The smallest absolute Gasteiger partial charge is 0.223 e. The summed E-state index contributed by atoms with van der Waals surface area (Å²) in [6.45, 7) is -0.594. The maximum Gasteiger partial charge on any atom is 0.223 e. The van der Waals surface area contributed by atoms with Gasteiger partial charge in [0.1, 0.15) is 24.9 Å². The topological polar surface area (TPSA) is 134 Å². The number of aliphatic hydroxyl groups is 3. The minimum absolute atomic E-state index is 0.180. The first-order valence-corrected chi connectivity index (χ1v) is 8.35. The summed E-state index contributed by atoms with van der Waals surface area (Å²) in [6.07, 6.45) is 0.323. The van der Waals surface area contributed by atoms with E-state index in [2.05, 4.69) is 15.3 Å². The molecule has 2 aliphatic heterocycles. The lowest BCUT2D eigenvalue weighted by atomic mass is 10.0. The molecule has 0 aromatic carbocycles. The summed E-state index contributed by atoms with van der Waals surface area (Å²) in [5.41, 5.74) is 0.502. The zero-order valence-electron chi connectivity index (χ0n) is 12.8. The van der Waals surface area contributed by atoms with E-state index in [9.17, 15) is 20.1 Å². The van der Waals surface area contributed by atoms with Crippen LogP contribution in [0.3, 0.4) is 0 Å². The molecule has 0 saturated carbocycles. The molecule has 2 aromatic heterocycles. The molecular weight excluding hydrogens is 350 g/mol. The van der Waals surface area contributed by atoms with Crippen molar-refractivity contribution in [2.24, 2.45) is 0 Å². The van der Waals surface area contributed by atoms with E-state index in [0.717, 1.165) is 11.3 Å². The summed E-state index contributed by atoms with van der Waals surface area (Å²) >= 11 is 1.12. The van der Waals surface area contributed by atoms with Crippen LogP contribution in [0.4, 0.5) is 5.13 Å². The van der Waals surface area contributed by atoms with Gasteiger partial charge in [0.2, 0.25) is 11.6 Å². The fourth-order valence-corrected chi connectivity index (χ4v) is 3.73. The van der Waals surface area contributed by atoms with Crippen molar-refractivity contribution in [3.8, 4) is 0 Å². The maximum atomic E-state index is 12.4. The summed E-state index contributed by atoms with van der Waals surface area (Å²) in [5.74, 6) is -1.82. The number of rotatable bonds is 5. The molecule has 0 radical (unpaired) electrons. The third-order valence-electron chi connectivity index (χ3n) is 4.23. The van der Waals surface area contributed by atoms with Gasteiger partial charge < -0.3 is 30.1 Å². The Morgan fingerprint density at radius 1 is 1.32 bits per heavy atom. The molecule has 2 fully saturated rings. The Hall–Kier alpha value is -1.95. The van der Waals surface area contributed by atoms with E-state index >= 15 is 0 Å². The zero-order valence-corrected chi connectivity index (χ0v) is 13.6. The van der Waals surface area contributed by atoms with E-state index in [0.29, 0.717) is 15.6 Å². The molecule has 2 aromatic rings. The average molecular weight is 365 g/mol. The lowest BCUT2D eigenvalue weighted by Gasteiger charge is -2.32. The first-order chi connectivity index (χ1) is 12.0. The quantitative estimate of drug-likeness (QED) is 0.510. The van der Waals surface area contributed by atoms with Crippen LogP contribution in [0.15, 0.2) is 30.7 Å². The SMILES string of the molecule is O=C(c1ccncc1)c1cnc(N[C@H]2OC3(CO)OC2C(O)[C@@H]3O)s1. The molecule has 0 spiro atoms. The van der Waals surface area contributed by atoms with Gasteiger partial charge in [-0.3, -0.25) is 9.78 Å². The highest BCUT2D eigenvalue weighted by Gasteiger charge is 2.64. The Kier molecular flexibility index (Phi) is 4.02. The van der Waals surface area contributed by atoms with Crippen molar-refractivity contribution in [2.45, 2.75) is 30.3 Å². The number of thiazole rings is 1. The molecule has 25 heavy (non-hydrogen) atoms. The van der Waals surface area contributed by atoms with E-state index in [1.54, 1.807) is 12.1 Å². The lowest BCUT2D eigenvalue weighted by molar-refractivity contribution is -0.234. The minimum Gasteiger partial charge on any atom is -0.391 e. The normalized spacial score (nSPS) is 33.6. The fraction of sp³-hybridized carbons (Fsp3) is 0.400. The number of nitrogens with zero attached hydrogens (tertiary/aromatic N) is 2. The summed E-state index contributed by atoms with van der Waals surface area (Å²) in [5, 5.41) is 32.6. The molecule has 2 bridgehead atoms. The van der Waals surface area contributed by atoms with Crippen molar-refractivity contribution >= 4 is 22.3 Å². The van der Waals surface area contributed by atoms with Crippen LogP contribution in [-0.4, -0.2) is 68.0 Å². The van der Waals surface area contributed by atoms with Crippen molar-refractivity contribution in [3.05, 3.63) is 41.2 Å². The molecule has 10 heteroatoms. The number of ketones is 1. The van der Waals surface area contributed by atoms with E-state index in [1.165, 1.54) is 18.6 Å². The van der Waals surface area contributed by atoms with Crippen molar-refractivity contribution < 1.29 is 29.6 Å². The van der Waals surface area contributed by atoms with E-state index in [-0.39, 0.29) is 5.78 Å². The second kappa shape index (κ2) is 6.09. The van der Waals surface area contributed by atoms with Crippen LogP contribution < -0.4 is 5.32 Å². The molecule has 9 nitrogen and oxygen atoms in total. The highest BCUT2D eigenvalue weighted by atomic mass is 32.1. The van der Waals surface area contributed by atoms with Gasteiger partial charge >= 0.3 is 0 Å². The van der Waals surface area contributed by atoms with Gasteiger partial charge in [-0.15, -0.1) is 0 Å². The number of pyridine rings is 1. The van der Waals surface area contributed by atoms with Crippen LogP contribution >= 0.6 is 11.3 Å². The van der Waals surface area contributed by atoms with E-state index < -0.39 is 36.9 Å². The first-order valence-electron chi connectivity index (χ1n) is 7.54. The predicted octanol–water partition coefficient (Wildman–Crippen LogP) is -0.654. The Labute approximate surface area is 145 Å². The zero-order chi connectivity index (χ0) is 17.6. The number of ether oxygens (including phenoxy) is 2. The Balaban J connectivity index is 1.49. The van der Waals surface area contributed by atoms with Crippen LogP contribution in [0.1, 0.15) is 15.2 Å². The van der Waals surface area contributed by atoms with Gasteiger partial charge in [-0.05, 0) is 12.1 Å². The number of hydrogen-bond donors (Lipinski definition) is 4. The van der Waals surface area contributed by atoms with Gasteiger partial charge in [0, 0.05) is 18.0 Å². The van der Waals surface area contributed by atoms with E-state index in [4.69, 9.17) is 9.47 Å². The van der Waals surface area contributed by atoms with Crippen LogP contribution in [0, 0.1) is 0 Å². The molecule has 4 heterocycles. The summed E-state index contributed by atoms with van der Waals surface area (Å²) in [4.78, 5) is 20.8. The lowest BCUT2D eigenvalue weighted by Crippen LogP contribution is -2.55. The molecule has 4 rings (SSSR count). The molecular formula is C15H15N3O6S. The highest BCUT2D eigenvalue weighted by molar-refractivity contribution is 7.17. The third kappa shape index (κ3) is 2.63.